The van der Waals surface area contributed by atoms with Crippen molar-refractivity contribution < 1.29 is 53.8 Å². The van der Waals surface area contributed by atoms with Gasteiger partial charge in [0.1, 0.15) is 0 Å². The van der Waals surface area contributed by atoms with Crippen LogP contribution in [0.4, 0.5) is 5.69 Å². The van der Waals surface area contributed by atoms with Crippen LogP contribution in [-0.2, 0) is 40.0 Å². The summed E-state index contributed by atoms with van der Waals surface area (Å²) in [6.45, 7) is 5.00. The molecule has 0 bridgehead atoms. The minimum Gasteiger partial charge on any atom is -0.480 e. The highest BCUT2D eigenvalue weighted by Gasteiger charge is 2.26. The van der Waals surface area contributed by atoms with E-state index >= 15 is 0 Å². The first-order valence-electron chi connectivity index (χ1n) is 14.7. The van der Waals surface area contributed by atoms with Gasteiger partial charge in [-0.25, -0.2) is 0 Å². The molecule has 0 radical (unpaired) electrons. The molecule has 1 aromatic rings. The number of carbonyl (C=O) groups excluding carboxylic acids is 4. The summed E-state index contributed by atoms with van der Waals surface area (Å²) in [6, 6.07) is 5.90. The Labute approximate surface area is 272 Å². The number of nitro groups is 1. The molecular formula is C29H44N6O12. The van der Waals surface area contributed by atoms with Gasteiger partial charge < -0.3 is 25.1 Å². The van der Waals surface area contributed by atoms with E-state index < -0.39 is 35.9 Å². The van der Waals surface area contributed by atoms with E-state index in [1.807, 2.05) is 19.0 Å². The molecule has 1 saturated heterocycles. The molecular weight excluding hydrogens is 624 g/mol. The number of rotatable bonds is 14. The number of nitro benzene ring substituents is 1. The molecule has 0 amide bonds. The van der Waals surface area contributed by atoms with Crippen LogP contribution in [0.3, 0.4) is 0 Å². The van der Waals surface area contributed by atoms with Gasteiger partial charge in [0.25, 0.3) is 5.69 Å². The van der Waals surface area contributed by atoms with Gasteiger partial charge in [-0.05, 0) is 38.9 Å². The van der Waals surface area contributed by atoms with Crippen LogP contribution in [0.1, 0.15) is 18.4 Å². The first-order chi connectivity index (χ1) is 22.3. The predicted octanol–water partition coefficient (Wildman–Crippen LogP) is -0.844. The lowest BCUT2D eigenvalue weighted by molar-refractivity contribution is -0.384. The Morgan fingerprint density at radius 2 is 1.21 bits per heavy atom. The number of carbonyl (C=O) groups is 3. The van der Waals surface area contributed by atoms with E-state index in [9.17, 15) is 39.8 Å². The van der Waals surface area contributed by atoms with Crippen molar-refractivity contribution in [2.24, 2.45) is 0 Å². The molecule has 1 aliphatic rings. The van der Waals surface area contributed by atoms with Crippen molar-refractivity contribution in [1.82, 2.24) is 24.5 Å². The van der Waals surface area contributed by atoms with Gasteiger partial charge >= 0.3 is 30.2 Å². The van der Waals surface area contributed by atoms with Crippen LogP contribution in [0, 0.1) is 10.1 Å². The molecule has 0 spiro atoms. The summed E-state index contributed by atoms with van der Waals surface area (Å²) in [5.41, 5.74) is 0.907. The molecule has 18 heteroatoms. The molecule has 1 aliphatic heterocycles. The molecule has 1 unspecified atom stereocenters. The van der Waals surface area contributed by atoms with Gasteiger partial charge in [-0.1, -0.05) is 12.1 Å². The summed E-state index contributed by atoms with van der Waals surface area (Å²) in [7, 11) is 4.06. The SMILES string of the molecule is CN1CCN(C)CCN(CC(CCCc2ccc([N+](=O)[O-])cc2)N(CC(=O)O)CC(=O)O)CCN(CC(=O)O)CC1.O=C=O.O=C=O. The molecule has 1 heterocycles. The molecule has 262 valence electrons. The van der Waals surface area contributed by atoms with E-state index in [4.69, 9.17) is 19.2 Å². The zero-order valence-electron chi connectivity index (χ0n) is 26.7. The number of aliphatic carboxylic acids is 3. The lowest BCUT2D eigenvalue weighted by Crippen LogP contribution is -2.51. The number of aryl methyl sites for hydroxylation is 1. The summed E-state index contributed by atoms with van der Waals surface area (Å²) < 4.78 is 0. The van der Waals surface area contributed by atoms with Crippen molar-refractivity contribution >= 4 is 35.9 Å². The van der Waals surface area contributed by atoms with E-state index in [-0.39, 0.29) is 30.6 Å². The Morgan fingerprint density at radius 3 is 1.66 bits per heavy atom. The molecule has 2 rings (SSSR count). The van der Waals surface area contributed by atoms with Crippen LogP contribution in [0.25, 0.3) is 0 Å². The Balaban J connectivity index is 0.00000326. The van der Waals surface area contributed by atoms with E-state index in [0.717, 1.165) is 31.7 Å². The van der Waals surface area contributed by atoms with Gasteiger partial charge in [0.2, 0.25) is 0 Å². The predicted molar refractivity (Wildman–Crippen MR) is 162 cm³/mol. The maximum Gasteiger partial charge on any atom is 0.373 e. The van der Waals surface area contributed by atoms with Crippen LogP contribution < -0.4 is 0 Å². The lowest BCUT2D eigenvalue weighted by Gasteiger charge is -2.36. The average Bonchev–Trinajstić information content (AvgIpc) is 2.98. The summed E-state index contributed by atoms with van der Waals surface area (Å²) in [5, 5.41) is 39.4. The number of benzene rings is 1. The van der Waals surface area contributed by atoms with Crippen LogP contribution >= 0.6 is 0 Å². The smallest absolute Gasteiger partial charge is 0.373 e. The summed E-state index contributed by atoms with van der Waals surface area (Å²) >= 11 is 0. The maximum atomic E-state index is 11.7. The van der Waals surface area contributed by atoms with E-state index in [1.165, 1.54) is 17.0 Å². The van der Waals surface area contributed by atoms with Crippen molar-refractivity contribution in [3.05, 3.63) is 39.9 Å². The normalized spacial score (nSPS) is 16.0. The Hall–Kier alpha value is -4.41. The quantitative estimate of drug-likeness (QED) is 0.162. The van der Waals surface area contributed by atoms with E-state index in [2.05, 4.69) is 14.7 Å². The Bertz CT molecular complexity index is 1140. The van der Waals surface area contributed by atoms with E-state index in [0.29, 0.717) is 52.0 Å². The van der Waals surface area contributed by atoms with Crippen LogP contribution in [-0.4, -0.2) is 174 Å². The monoisotopic (exact) mass is 668 g/mol. The van der Waals surface area contributed by atoms with Gasteiger partial charge in [0.15, 0.2) is 0 Å². The molecule has 47 heavy (non-hydrogen) atoms. The van der Waals surface area contributed by atoms with Gasteiger partial charge in [0.05, 0.1) is 24.6 Å². The van der Waals surface area contributed by atoms with Gasteiger partial charge in [0, 0.05) is 77.1 Å². The Kier molecular flexibility index (Phi) is 22.5. The van der Waals surface area contributed by atoms with Gasteiger partial charge in [-0.15, -0.1) is 0 Å². The largest absolute Gasteiger partial charge is 0.480 e. The molecule has 1 fully saturated rings. The number of carboxylic acid groups (broad SMARTS) is 3. The third-order valence-electron chi connectivity index (χ3n) is 7.36. The third-order valence-corrected chi connectivity index (χ3v) is 7.36. The molecule has 0 aromatic heterocycles. The molecule has 0 aliphatic carbocycles. The van der Waals surface area contributed by atoms with Crippen LogP contribution in [0.15, 0.2) is 24.3 Å². The minimum atomic E-state index is -1.11. The number of likely N-dealkylation sites (N-methyl/N-ethyl adjacent to an activating group) is 2. The van der Waals surface area contributed by atoms with Crippen molar-refractivity contribution in [3.8, 4) is 0 Å². The molecule has 1 atom stereocenters. The lowest BCUT2D eigenvalue weighted by atomic mass is 10.0. The van der Waals surface area contributed by atoms with Gasteiger partial charge in [-0.3, -0.25) is 39.2 Å². The first kappa shape index (κ1) is 42.6. The zero-order valence-corrected chi connectivity index (χ0v) is 26.7. The standard InChI is InChI=1S/C27H44N6O8.2CO2/c1-28-10-11-29(2)13-15-31(19-25(34)35)17-16-30(14-12-28)18-24(32(20-26(36)37)21-27(38)39)5-3-4-22-6-8-23(9-7-22)33(40)41;2*2-1-3/h6-9,24H,3-5,10-21H2,1-2H3,(H,34,35)(H,36,37)(H,38,39);;. The van der Waals surface area contributed by atoms with Gasteiger partial charge in [-0.2, -0.15) is 19.2 Å². The Morgan fingerprint density at radius 1 is 0.787 bits per heavy atom. The first-order valence-corrected chi connectivity index (χ1v) is 14.7. The molecule has 0 saturated carbocycles. The van der Waals surface area contributed by atoms with Crippen molar-refractivity contribution in [2.75, 3.05) is 92.6 Å². The van der Waals surface area contributed by atoms with Crippen molar-refractivity contribution in [1.29, 1.82) is 0 Å². The number of nitrogens with zero attached hydrogens (tertiary/aromatic N) is 6. The topological polar surface area (TPSA) is 240 Å². The second-order valence-corrected chi connectivity index (χ2v) is 10.9. The second kappa shape index (κ2) is 24.8. The highest BCUT2D eigenvalue weighted by molar-refractivity contribution is 5.72. The maximum absolute atomic E-state index is 11.7. The van der Waals surface area contributed by atoms with Crippen LogP contribution in [0.2, 0.25) is 0 Å². The summed E-state index contributed by atoms with van der Waals surface area (Å²) in [6.07, 6.45) is 2.25. The number of non-ortho nitro benzene ring substituents is 1. The van der Waals surface area contributed by atoms with Crippen LogP contribution in [0.5, 0.6) is 0 Å². The second-order valence-electron chi connectivity index (χ2n) is 10.9. The summed E-state index contributed by atoms with van der Waals surface area (Å²) in [4.78, 5) is 87.7. The number of hydrogen-bond donors (Lipinski definition) is 3. The fourth-order valence-electron chi connectivity index (χ4n) is 4.90. The zero-order chi connectivity index (χ0) is 35.8. The third kappa shape index (κ3) is 21.1. The minimum absolute atomic E-state index is 0.00424. The number of carboxylic acids is 3. The van der Waals surface area contributed by atoms with Crippen molar-refractivity contribution in [3.63, 3.8) is 0 Å². The number of hydrogen-bond acceptors (Lipinski definition) is 14. The molecule has 1 aromatic carbocycles. The fourth-order valence-corrected chi connectivity index (χ4v) is 4.90. The fraction of sp³-hybridized carbons (Fsp3) is 0.621. The molecule has 18 nitrogen and oxygen atoms in total. The molecule has 3 N–H and O–H groups in total. The van der Waals surface area contributed by atoms with Crippen molar-refractivity contribution in [2.45, 2.75) is 25.3 Å². The van der Waals surface area contributed by atoms with E-state index in [1.54, 1.807) is 12.1 Å². The highest BCUT2D eigenvalue weighted by atomic mass is 16.6. The summed E-state index contributed by atoms with van der Waals surface area (Å²) in [5.74, 6) is -3.13. The average molecular weight is 669 g/mol. The highest BCUT2D eigenvalue weighted by Crippen LogP contribution is 2.17.